The molecule has 2 aromatic carbocycles. The highest BCUT2D eigenvalue weighted by atomic mass is 19.1. The van der Waals surface area contributed by atoms with Crippen LogP contribution in [-0.2, 0) is 6.42 Å². The number of hydrogen-bond donors (Lipinski definition) is 0. The first-order chi connectivity index (χ1) is 9.24. The van der Waals surface area contributed by atoms with Gasteiger partial charge in [-0.25, -0.2) is 4.39 Å². The summed E-state index contributed by atoms with van der Waals surface area (Å²) in [6, 6.07) is 13.5. The van der Waals surface area contributed by atoms with Crippen LogP contribution in [0.4, 0.5) is 4.39 Å². The number of aldehydes is 1. The highest BCUT2D eigenvalue weighted by Crippen LogP contribution is 2.22. The van der Waals surface area contributed by atoms with Crippen LogP contribution in [-0.4, -0.2) is 6.29 Å². The molecule has 3 aromatic rings. The van der Waals surface area contributed by atoms with Crippen LogP contribution in [0.3, 0.4) is 0 Å². The van der Waals surface area contributed by atoms with Gasteiger partial charge in [-0.2, -0.15) is 0 Å². The lowest BCUT2D eigenvalue weighted by atomic mass is 10.1. The summed E-state index contributed by atoms with van der Waals surface area (Å²) in [6.07, 6.45) is 1.41. The SMILES string of the molecule is O=Cc1ccc2oc(Cc3ccc(F)cc3)cc2c1. The zero-order chi connectivity index (χ0) is 13.2. The van der Waals surface area contributed by atoms with E-state index in [1.165, 1.54) is 12.1 Å². The van der Waals surface area contributed by atoms with Crippen LogP contribution in [0.15, 0.2) is 52.9 Å². The van der Waals surface area contributed by atoms with Crippen LogP contribution in [0.1, 0.15) is 21.7 Å². The number of fused-ring (bicyclic) bond motifs is 1. The molecule has 3 rings (SSSR count). The van der Waals surface area contributed by atoms with Crippen molar-refractivity contribution in [2.75, 3.05) is 0 Å². The van der Waals surface area contributed by atoms with Crippen molar-refractivity contribution < 1.29 is 13.6 Å². The van der Waals surface area contributed by atoms with Crippen molar-refractivity contribution in [3.63, 3.8) is 0 Å². The maximum Gasteiger partial charge on any atom is 0.150 e. The van der Waals surface area contributed by atoms with E-state index >= 15 is 0 Å². The fraction of sp³-hybridized carbons (Fsp3) is 0.0625. The lowest BCUT2D eigenvalue weighted by Gasteiger charge is -1.97. The largest absolute Gasteiger partial charge is 0.461 e. The van der Waals surface area contributed by atoms with Gasteiger partial charge < -0.3 is 4.42 Å². The van der Waals surface area contributed by atoms with E-state index in [0.29, 0.717) is 12.0 Å². The summed E-state index contributed by atoms with van der Waals surface area (Å²) in [5.74, 6) is 0.550. The van der Waals surface area contributed by atoms with E-state index < -0.39 is 0 Å². The molecule has 0 saturated carbocycles. The number of halogens is 1. The summed E-state index contributed by atoms with van der Waals surface area (Å²) in [7, 11) is 0. The molecule has 0 atom stereocenters. The summed E-state index contributed by atoms with van der Waals surface area (Å²) in [4.78, 5) is 10.7. The number of benzene rings is 2. The molecule has 0 fully saturated rings. The Morgan fingerprint density at radius 2 is 1.84 bits per heavy atom. The average Bonchev–Trinajstić information content (AvgIpc) is 2.82. The maximum absolute atomic E-state index is 12.8. The Labute approximate surface area is 109 Å². The van der Waals surface area contributed by atoms with Crippen molar-refractivity contribution in [2.45, 2.75) is 6.42 Å². The molecule has 0 aliphatic heterocycles. The third kappa shape index (κ3) is 2.40. The number of carbonyl (C=O) groups is 1. The Hall–Kier alpha value is -2.42. The number of carbonyl (C=O) groups excluding carboxylic acids is 1. The van der Waals surface area contributed by atoms with Crippen molar-refractivity contribution in [3.8, 4) is 0 Å². The van der Waals surface area contributed by atoms with Gasteiger partial charge in [-0.1, -0.05) is 12.1 Å². The zero-order valence-corrected chi connectivity index (χ0v) is 10.1. The number of rotatable bonds is 3. The van der Waals surface area contributed by atoms with Gasteiger partial charge in [0.1, 0.15) is 23.4 Å². The van der Waals surface area contributed by atoms with Gasteiger partial charge in [0, 0.05) is 17.4 Å². The Kier molecular flexibility index (Phi) is 2.88. The Balaban J connectivity index is 1.92. The summed E-state index contributed by atoms with van der Waals surface area (Å²) >= 11 is 0. The normalized spacial score (nSPS) is 10.8. The minimum absolute atomic E-state index is 0.246. The lowest BCUT2D eigenvalue weighted by molar-refractivity contribution is 0.112. The minimum Gasteiger partial charge on any atom is -0.461 e. The van der Waals surface area contributed by atoms with Gasteiger partial charge in [-0.3, -0.25) is 4.79 Å². The van der Waals surface area contributed by atoms with Crippen molar-refractivity contribution in [2.24, 2.45) is 0 Å². The molecule has 1 aromatic heterocycles. The van der Waals surface area contributed by atoms with E-state index in [1.807, 2.05) is 6.07 Å². The Morgan fingerprint density at radius 3 is 2.58 bits per heavy atom. The quantitative estimate of drug-likeness (QED) is 0.662. The van der Waals surface area contributed by atoms with E-state index in [1.54, 1.807) is 30.3 Å². The maximum atomic E-state index is 12.8. The first-order valence-corrected chi connectivity index (χ1v) is 5.97. The van der Waals surface area contributed by atoms with Gasteiger partial charge in [-0.15, -0.1) is 0 Å². The molecule has 2 nitrogen and oxygen atoms in total. The minimum atomic E-state index is -0.246. The van der Waals surface area contributed by atoms with Crippen molar-refractivity contribution >= 4 is 17.3 Å². The molecule has 0 unspecified atom stereocenters. The van der Waals surface area contributed by atoms with Crippen LogP contribution in [0.25, 0.3) is 11.0 Å². The highest BCUT2D eigenvalue weighted by Gasteiger charge is 2.05. The molecule has 1 heterocycles. The number of furan rings is 1. The molecule has 0 saturated heterocycles. The van der Waals surface area contributed by atoms with Gasteiger partial charge in [0.05, 0.1) is 0 Å². The fourth-order valence-corrected chi connectivity index (χ4v) is 2.08. The highest BCUT2D eigenvalue weighted by molar-refractivity contribution is 5.86. The molecular weight excluding hydrogens is 243 g/mol. The van der Waals surface area contributed by atoms with Gasteiger partial charge in [0.25, 0.3) is 0 Å². The lowest BCUT2D eigenvalue weighted by Crippen LogP contribution is -1.85. The molecule has 0 spiro atoms. The third-order valence-corrected chi connectivity index (χ3v) is 3.02. The summed E-state index contributed by atoms with van der Waals surface area (Å²) in [5, 5.41) is 0.904. The molecule has 0 amide bonds. The van der Waals surface area contributed by atoms with Gasteiger partial charge in [-0.05, 0) is 42.0 Å². The molecule has 0 aliphatic rings. The Morgan fingerprint density at radius 1 is 1.05 bits per heavy atom. The van der Waals surface area contributed by atoms with Crippen LogP contribution in [0, 0.1) is 5.82 Å². The first-order valence-electron chi connectivity index (χ1n) is 5.97. The van der Waals surface area contributed by atoms with Crippen molar-refractivity contribution in [3.05, 3.63) is 71.2 Å². The number of hydrogen-bond acceptors (Lipinski definition) is 2. The summed E-state index contributed by atoms with van der Waals surface area (Å²) in [6.45, 7) is 0. The monoisotopic (exact) mass is 254 g/mol. The van der Waals surface area contributed by atoms with Gasteiger partial charge in [0.15, 0.2) is 0 Å². The second-order valence-corrected chi connectivity index (χ2v) is 4.43. The summed E-state index contributed by atoms with van der Waals surface area (Å²) in [5.41, 5.74) is 2.36. The molecule has 0 bridgehead atoms. The molecule has 0 radical (unpaired) electrons. The van der Waals surface area contributed by atoms with Gasteiger partial charge in [0.2, 0.25) is 0 Å². The predicted molar refractivity (Wildman–Crippen MR) is 70.8 cm³/mol. The fourth-order valence-electron chi connectivity index (χ4n) is 2.08. The van der Waals surface area contributed by atoms with Gasteiger partial charge >= 0.3 is 0 Å². The van der Waals surface area contributed by atoms with Crippen molar-refractivity contribution in [1.82, 2.24) is 0 Å². The van der Waals surface area contributed by atoms with Crippen LogP contribution in [0.2, 0.25) is 0 Å². The van der Waals surface area contributed by atoms with E-state index in [4.69, 9.17) is 4.42 Å². The molecule has 19 heavy (non-hydrogen) atoms. The molecule has 0 N–H and O–H groups in total. The van der Waals surface area contributed by atoms with Crippen LogP contribution < -0.4 is 0 Å². The average molecular weight is 254 g/mol. The molecule has 0 aliphatic carbocycles. The summed E-state index contributed by atoms with van der Waals surface area (Å²) < 4.78 is 18.5. The van der Waals surface area contributed by atoms with Crippen LogP contribution >= 0.6 is 0 Å². The zero-order valence-electron chi connectivity index (χ0n) is 10.1. The predicted octanol–water partition coefficient (Wildman–Crippen LogP) is 3.98. The Bertz CT molecular complexity index is 726. The molecular formula is C16H11FO2. The van der Waals surface area contributed by atoms with Crippen molar-refractivity contribution in [1.29, 1.82) is 0 Å². The molecule has 94 valence electrons. The van der Waals surface area contributed by atoms with E-state index in [-0.39, 0.29) is 5.82 Å². The second kappa shape index (κ2) is 4.69. The van der Waals surface area contributed by atoms with Crippen LogP contribution in [0.5, 0.6) is 0 Å². The standard InChI is InChI=1S/C16H11FO2/c17-14-4-1-11(2-5-14)8-15-9-13-7-12(10-18)3-6-16(13)19-15/h1-7,9-10H,8H2. The molecule has 3 heteroatoms. The van der Waals surface area contributed by atoms with E-state index in [2.05, 4.69) is 0 Å². The smallest absolute Gasteiger partial charge is 0.150 e. The van der Waals surface area contributed by atoms with E-state index in [9.17, 15) is 9.18 Å². The second-order valence-electron chi connectivity index (χ2n) is 4.43. The van der Waals surface area contributed by atoms with E-state index in [0.717, 1.165) is 28.6 Å². The topological polar surface area (TPSA) is 30.2 Å². The first kappa shape index (κ1) is 11.7. The third-order valence-electron chi connectivity index (χ3n) is 3.02.